The molecule has 0 spiro atoms. The molecule has 1 rings (SSSR count). The second-order valence-corrected chi connectivity index (χ2v) is 6.57. The van der Waals surface area contributed by atoms with Crippen molar-refractivity contribution in [3.63, 3.8) is 0 Å². The maximum Gasteiger partial charge on any atom is 0.195 e. The van der Waals surface area contributed by atoms with Crippen molar-refractivity contribution in [2.75, 3.05) is 34.7 Å². The van der Waals surface area contributed by atoms with Crippen LogP contribution in [0.15, 0.2) is 35.3 Å². The summed E-state index contributed by atoms with van der Waals surface area (Å²) < 4.78 is 0. The Morgan fingerprint density at radius 3 is 2.10 bits per heavy atom. The predicted molar refractivity (Wildman–Crippen MR) is 91.7 cm³/mol. The van der Waals surface area contributed by atoms with Crippen molar-refractivity contribution in [1.82, 2.24) is 15.1 Å². The Kier molecular flexibility index (Phi) is 6.21. The van der Waals surface area contributed by atoms with Crippen LogP contribution in [-0.2, 0) is 0 Å². The fourth-order valence-electron chi connectivity index (χ4n) is 2.41. The molecular formula is C17H30N4. The van der Waals surface area contributed by atoms with Crippen molar-refractivity contribution in [2.45, 2.75) is 32.4 Å². The molecule has 4 nitrogen and oxygen atoms in total. The molecule has 1 unspecified atom stereocenters. The molecule has 0 saturated carbocycles. The Morgan fingerprint density at radius 1 is 1.10 bits per heavy atom. The summed E-state index contributed by atoms with van der Waals surface area (Å²) in [5.41, 5.74) is 1.24. The van der Waals surface area contributed by atoms with E-state index in [1.165, 1.54) is 5.56 Å². The minimum absolute atomic E-state index is 0.0630. The number of hydrogen-bond acceptors (Lipinski definition) is 2. The molecule has 1 N–H and O–H groups in total. The zero-order valence-electron chi connectivity index (χ0n) is 14.5. The van der Waals surface area contributed by atoms with Crippen LogP contribution in [0, 0.1) is 0 Å². The van der Waals surface area contributed by atoms with Gasteiger partial charge in [-0.25, -0.2) is 0 Å². The fourth-order valence-corrected chi connectivity index (χ4v) is 2.41. The van der Waals surface area contributed by atoms with Crippen molar-refractivity contribution < 1.29 is 0 Å². The lowest BCUT2D eigenvalue weighted by Gasteiger charge is -2.30. The van der Waals surface area contributed by atoms with Crippen LogP contribution >= 0.6 is 0 Å². The first-order chi connectivity index (χ1) is 9.73. The van der Waals surface area contributed by atoms with E-state index in [1.54, 1.807) is 0 Å². The van der Waals surface area contributed by atoms with Crippen LogP contribution < -0.4 is 5.32 Å². The molecule has 1 atom stereocenters. The molecule has 0 fully saturated rings. The second-order valence-electron chi connectivity index (χ2n) is 6.57. The van der Waals surface area contributed by atoms with E-state index in [1.807, 2.05) is 44.1 Å². The topological polar surface area (TPSA) is 30.9 Å². The van der Waals surface area contributed by atoms with Crippen LogP contribution in [0.25, 0.3) is 0 Å². The highest BCUT2D eigenvalue weighted by Gasteiger charge is 2.21. The number of rotatable bonds is 5. The summed E-state index contributed by atoms with van der Waals surface area (Å²) in [6.07, 6.45) is 0. The quantitative estimate of drug-likeness (QED) is 0.668. The lowest BCUT2D eigenvalue weighted by Crippen LogP contribution is -2.45. The molecule has 0 radical (unpaired) electrons. The molecular weight excluding hydrogens is 260 g/mol. The Labute approximate surface area is 129 Å². The lowest BCUT2D eigenvalue weighted by molar-refractivity contribution is 0.352. The van der Waals surface area contributed by atoms with Crippen molar-refractivity contribution in [3.05, 3.63) is 35.9 Å². The van der Waals surface area contributed by atoms with Gasteiger partial charge in [0.15, 0.2) is 5.96 Å². The molecule has 0 heterocycles. The number of aliphatic imine (C=N–C) groups is 1. The summed E-state index contributed by atoms with van der Waals surface area (Å²) in [7, 11) is 8.08. The molecule has 0 bridgehead atoms. The zero-order chi connectivity index (χ0) is 16.0. The van der Waals surface area contributed by atoms with Gasteiger partial charge in [0.05, 0.1) is 6.54 Å². The van der Waals surface area contributed by atoms with Gasteiger partial charge in [0.25, 0.3) is 0 Å². The third-order valence-electron chi connectivity index (χ3n) is 3.32. The van der Waals surface area contributed by atoms with E-state index in [-0.39, 0.29) is 5.54 Å². The molecule has 1 aromatic rings. The van der Waals surface area contributed by atoms with Gasteiger partial charge in [-0.1, -0.05) is 30.3 Å². The van der Waals surface area contributed by atoms with Gasteiger partial charge in [0.2, 0.25) is 0 Å². The SMILES string of the molecule is CC(NC(C)(C)CN=C(N(C)C)N(C)C)c1ccccc1. The lowest BCUT2D eigenvalue weighted by atomic mass is 10.0. The molecule has 118 valence electrons. The summed E-state index contributed by atoms with van der Waals surface area (Å²) >= 11 is 0. The molecule has 1 aromatic carbocycles. The molecule has 4 heteroatoms. The van der Waals surface area contributed by atoms with Crippen LogP contribution in [-0.4, -0.2) is 56.0 Å². The van der Waals surface area contributed by atoms with E-state index >= 15 is 0 Å². The van der Waals surface area contributed by atoms with Gasteiger partial charge in [0.1, 0.15) is 0 Å². The van der Waals surface area contributed by atoms with Crippen molar-refractivity contribution in [1.29, 1.82) is 0 Å². The average molecular weight is 290 g/mol. The molecule has 0 amide bonds. The molecule has 21 heavy (non-hydrogen) atoms. The fraction of sp³-hybridized carbons (Fsp3) is 0.588. The first kappa shape index (κ1) is 17.5. The minimum Gasteiger partial charge on any atom is -0.349 e. The summed E-state index contributed by atoms with van der Waals surface area (Å²) in [5, 5.41) is 3.66. The van der Waals surface area contributed by atoms with Crippen molar-refractivity contribution in [3.8, 4) is 0 Å². The monoisotopic (exact) mass is 290 g/mol. The minimum atomic E-state index is -0.0630. The molecule has 0 aliphatic carbocycles. The van der Waals surface area contributed by atoms with Gasteiger partial charge in [-0.2, -0.15) is 0 Å². The maximum absolute atomic E-state index is 4.75. The predicted octanol–water partition coefficient (Wildman–Crippen LogP) is 2.60. The highest BCUT2D eigenvalue weighted by Crippen LogP contribution is 2.16. The van der Waals surface area contributed by atoms with Crippen LogP contribution in [0.5, 0.6) is 0 Å². The number of hydrogen-bond donors (Lipinski definition) is 1. The smallest absolute Gasteiger partial charge is 0.195 e. The number of benzene rings is 1. The van der Waals surface area contributed by atoms with Crippen LogP contribution in [0.3, 0.4) is 0 Å². The summed E-state index contributed by atoms with van der Waals surface area (Å²) in [6, 6.07) is 10.8. The molecule has 0 aliphatic heterocycles. The maximum atomic E-state index is 4.75. The van der Waals surface area contributed by atoms with E-state index in [9.17, 15) is 0 Å². The third-order valence-corrected chi connectivity index (χ3v) is 3.32. The van der Waals surface area contributed by atoms with Crippen LogP contribution in [0.1, 0.15) is 32.4 Å². The van der Waals surface area contributed by atoms with E-state index in [4.69, 9.17) is 4.99 Å². The Balaban J connectivity index is 2.71. The van der Waals surface area contributed by atoms with Gasteiger partial charge >= 0.3 is 0 Å². The highest BCUT2D eigenvalue weighted by atomic mass is 15.3. The van der Waals surface area contributed by atoms with Gasteiger partial charge in [-0.15, -0.1) is 0 Å². The largest absolute Gasteiger partial charge is 0.349 e. The molecule has 0 aliphatic rings. The zero-order valence-corrected chi connectivity index (χ0v) is 14.5. The second kappa shape index (κ2) is 7.46. The van der Waals surface area contributed by atoms with Gasteiger partial charge in [-0.3, -0.25) is 4.99 Å². The summed E-state index contributed by atoms with van der Waals surface area (Å²) in [4.78, 5) is 8.82. The number of nitrogens with zero attached hydrogens (tertiary/aromatic N) is 3. The number of nitrogens with one attached hydrogen (secondary N) is 1. The molecule has 0 saturated heterocycles. The third kappa shape index (κ3) is 5.76. The van der Waals surface area contributed by atoms with E-state index in [0.29, 0.717) is 6.04 Å². The Bertz CT molecular complexity index is 439. The van der Waals surface area contributed by atoms with Crippen LogP contribution in [0.2, 0.25) is 0 Å². The highest BCUT2D eigenvalue weighted by molar-refractivity contribution is 5.79. The van der Waals surface area contributed by atoms with Crippen molar-refractivity contribution in [2.24, 2.45) is 4.99 Å². The van der Waals surface area contributed by atoms with Gasteiger partial charge in [-0.05, 0) is 26.3 Å². The molecule has 0 aromatic heterocycles. The Morgan fingerprint density at radius 2 is 1.62 bits per heavy atom. The Hall–Kier alpha value is -1.55. The van der Waals surface area contributed by atoms with Gasteiger partial charge < -0.3 is 15.1 Å². The summed E-state index contributed by atoms with van der Waals surface area (Å²) in [5.74, 6) is 0.984. The first-order valence-corrected chi connectivity index (χ1v) is 7.44. The van der Waals surface area contributed by atoms with E-state index in [0.717, 1.165) is 12.5 Å². The van der Waals surface area contributed by atoms with E-state index in [2.05, 4.69) is 50.4 Å². The van der Waals surface area contributed by atoms with Crippen molar-refractivity contribution >= 4 is 5.96 Å². The van der Waals surface area contributed by atoms with Crippen LogP contribution in [0.4, 0.5) is 0 Å². The standard InChI is InChI=1S/C17H30N4/c1-14(15-11-9-8-10-12-15)19-17(2,3)13-18-16(20(4)5)21(6)7/h8-12,14,19H,13H2,1-7H3. The first-order valence-electron chi connectivity index (χ1n) is 7.44. The summed E-state index contributed by atoms with van der Waals surface area (Å²) in [6.45, 7) is 7.31. The average Bonchev–Trinajstić information content (AvgIpc) is 2.38. The van der Waals surface area contributed by atoms with E-state index < -0.39 is 0 Å². The normalized spacial score (nSPS) is 12.7. The number of guanidine groups is 1. The van der Waals surface area contributed by atoms with Gasteiger partial charge in [0, 0.05) is 39.8 Å².